The third-order valence-corrected chi connectivity index (χ3v) is 3.13. The number of para-hydroxylation sites is 2. The van der Waals surface area contributed by atoms with Crippen molar-refractivity contribution in [2.75, 3.05) is 11.9 Å². The summed E-state index contributed by atoms with van der Waals surface area (Å²) in [6, 6.07) is 11.1. The van der Waals surface area contributed by atoms with Crippen LogP contribution in [0.15, 0.2) is 42.5 Å². The maximum Gasteiger partial charge on any atom is 0.292 e. The number of nitro benzene ring substituents is 1. The molecule has 2 rings (SSSR count). The number of benzene rings is 2. The molecule has 114 valence electrons. The summed E-state index contributed by atoms with van der Waals surface area (Å²) in [5, 5.41) is 13.7. The maximum absolute atomic E-state index is 11.9. The predicted octanol–water partition coefficient (Wildman–Crippen LogP) is 3.57. The van der Waals surface area contributed by atoms with Gasteiger partial charge in [-0.25, -0.2) is 0 Å². The number of anilines is 1. The lowest BCUT2D eigenvalue weighted by atomic mass is 10.2. The van der Waals surface area contributed by atoms with Crippen LogP contribution in [0.3, 0.4) is 0 Å². The van der Waals surface area contributed by atoms with Crippen LogP contribution in [0.5, 0.6) is 5.75 Å². The molecule has 0 saturated heterocycles. The molecule has 2 aromatic carbocycles. The number of hydrogen-bond donors (Lipinski definition) is 1. The number of aryl methyl sites for hydroxylation is 1. The second-order valence-electron chi connectivity index (χ2n) is 4.54. The fraction of sp³-hybridized carbons (Fsp3) is 0.133. The lowest BCUT2D eigenvalue weighted by Crippen LogP contribution is -2.20. The van der Waals surface area contributed by atoms with Gasteiger partial charge in [0.05, 0.1) is 9.95 Å². The first-order valence-electron chi connectivity index (χ1n) is 6.39. The predicted molar refractivity (Wildman–Crippen MR) is 83.4 cm³/mol. The minimum Gasteiger partial charge on any atom is -0.482 e. The first-order valence-corrected chi connectivity index (χ1v) is 6.77. The number of amides is 1. The van der Waals surface area contributed by atoms with Crippen molar-refractivity contribution < 1.29 is 14.5 Å². The first-order chi connectivity index (χ1) is 10.5. The van der Waals surface area contributed by atoms with E-state index in [2.05, 4.69) is 5.32 Å². The number of carbonyl (C=O) groups is 1. The molecule has 0 saturated carbocycles. The zero-order chi connectivity index (χ0) is 16.1. The molecule has 0 aliphatic carbocycles. The number of carbonyl (C=O) groups excluding carboxylic acids is 1. The topological polar surface area (TPSA) is 81.5 Å². The lowest BCUT2D eigenvalue weighted by molar-refractivity contribution is -0.383. The van der Waals surface area contributed by atoms with Crippen molar-refractivity contribution in [1.82, 2.24) is 0 Å². The Labute approximate surface area is 131 Å². The Hall–Kier alpha value is -2.60. The number of hydrogen-bond acceptors (Lipinski definition) is 4. The van der Waals surface area contributed by atoms with Crippen LogP contribution in [-0.2, 0) is 4.79 Å². The summed E-state index contributed by atoms with van der Waals surface area (Å²) in [4.78, 5) is 22.2. The van der Waals surface area contributed by atoms with Gasteiger partial charge in [0.2, 0.25) is 0 Å². The van der Waals surface area contributed by atoms with Gasteiger partial charge in [-0.3, -0.25) is 14.9 Å². The van der Waals surface area contributed by atoms with Crippen LogP contribution >= 0.6 is 11.6 Å². The molecule has 0 radical (unpaired) electrons. The van der Waals surface area contributed by atoms with E-state index in [4.69, 9.17) is 16.3 Å². The van der Waals surface area contributed by atoms with Crippen LogP contribution in [0, 0.1) is 17.0 Å². The van der Waals surface area contributed by atoms with E-state index in [1.54, 1.807) is 18.2 Å². The number of nitrogens with zero attached hydrogens (tertiary/aromatic N) is 1. The summed E-state index contributed by atoms with van der Waals surface area (Å²) in [5.74, 6) is -0.119. The summed E-state index contributed by atoms with van der Waals surface area (Å²) in [5.41, 5.74) is 0.888. The summed E-state index contributed by atoms with van der Waals surface area (Å²) < 4.78 is 5.34. The van der Waals surface area contributed by atoms with E-state index in [9.17, 15) is 14.9 Å². The average Bonchev–Trinajstić information content (AvgIpc) is 2.48. The fourth-order valence-electron chi connectivity index (χ4n) is 1.79. The Morgan fingerprint density at radius 3 is 2.77 bits per heavy atom. The molecule has 0 aliphatic heterocycles. The van der Waals surface area contributed by atoms with E-state index in [-0.39, 0.29) is 18.0 Å². The molecule has 1 N–H and O–H groups in total. The second-order valence-corrected chi connectivity index (χ2v) is 4.95. The van der Waals surface area contributed by atoms with Crippen molar-refractivity contribution in [1.29, 1.82) is 0 Å². The molecule has 0 unspecified atom stereocenters. The highest BCUT2D eigenvalue weighted by Crippen LogP contribution is 2.26. The fourth-order valence-corrected chi connectivity index (χ4v) is 1.96. The minimum absolute atomic E-state index is 0.122. The van der Waals surface area contributed by atoms with Crippen LogP contribution in [-0.4, -0.2) is 17.4 Å². The molecule has 0 heterocycles. The van der Waals surface area contributed by atoms with E-state index in [0.29, 0.717) is 10.8 Å². The Bertz CT molecular complexity index is 718. The molecule has 0 spiro atoms. The largest absolute Gasteiger partial charge is 0.482 e. The van der Waals surface area contributed by atoms with Crippen molar-refractivity contribution >= 4 is 28.9 Å². The monoisotopic (exact) mass is 320 g/mol. The molecule has 7 heteroatoms. The number of rotatable bonds is 5. The van der Waals surface area contributed by atoms with E-state index in [1.165, 1.54) is 18.2 Å². The third kappa shape index (κ3) is 3.95. The van der Waals surface area contributed by atoms with Crippen LogP contribution < -0.4 is 10.1 Å². The maximum atomic E-state index is 11.9. The van der Waals surface area contributed by atoms with Gasteiger partial charge < -0.3 is 10.1 Å². The highest BCUT2D eigenvalue weighted by Gasteiger charge is 2.15. The molecule has 0 aliphatic rings. The summed E-state index contributed by atoms with van der Waals surface area (Å²) >= 11 is 5.96. The molecule has 0 fully saturated rings. The van der Waals surface area contributed by atoms with Crippen molar-refractivity contribution in [3.63, 3.8) is 0 Å². The third-order valence-electron chi connectivity index (χ3n) is 2.82. The smallest absolute Gasteiger partial charge is 0.292 e. The van der Waals surface area contributed by atoms with Crippen LogP contribution in [0.1, 0.15) is 5.56 Å². The van der Waals surface area contributed by atoms with Crippen molar-refractivity contribution in [3.05, 3.63) is 63.2 Å². The summed E-state index contributed by atoms with van der Waals surface area (Å²) in [6.45, 7) is 1.58. The molecule has 0 bridgehead atoms. The quantitative estimate of drug-likeness (QED) is 0.674. The lowest BCUT2D eigenvalue weighted by Gasteiger charge is -2.09. The molecular formula is C15H13ClN2O4. The first kappa shape index (κ1) is 15.8. The van der Waals surface area contributed by atoms with Gasteiger partial charge in [0, 0.05) is 6.07 Å². The number of nitro groups is 1. The van der Waals surface area contributed by atoms with Gasteiger partial charge in [-0.05, 0) is 30.7 Å². The minimum atomic E-state index is -0.562. The Kier molecular flexibility index (Phi) is 4.95. The van der Waals surface area contributed by atoms with E-state index < -0.39 is 10.8 Å². The number of nitrogens with one attached hydrogen (secondary N) is 1. The number of halogens is 1. The molecule has 22 heavy (non-hydrogen) atoms. The van der Waals surface area contributed by atoms with Gasteiger partial charge in [-0.15, -0.1) is 0 Å². The Balaban J connectivity index is 2.02. The summed E-state index contributed by atoms with van der Waals surface area (Å²) in [7, 11) is 0. The van der Waals surface area contributed by atoms with Crippen molar-refractivity contribution in [2.45, 2.75) is 6.92 Å². The van der Waals surface area contributed by atoms with E-state index in [0.717, 1.165) is 5.56 Å². The molecule has 0 aromatic heterocycles. The van der Waals surface area contributed by atoms with E-state index in [1.807, 2.05) is 13.0 Å². The molecule has 1 amide bonds. The van der Waals surface area contributed by atoms with Gasteiger partial charge in [0.1, 0.15) is 11.4 Å². The van der Waals surface area contributed by atoms with Gasteiger partial charge in [-0.2, -0.15) is 0 Å². The van der Waals surface area contributed by atoms with Gasteiger partial charge in [-0.1, -0.05) is 29.8 Å². The van der Waals surface area contributed by atoms with Crippen LogP contribution in [0.25, 0.3) is 0 Å². The normalized spacial score (nSPS) is 10.1. The summed E-state index contributed by atoms with van der Waals surface area (Å²) in [6.07, 6.45) is 0. The molecule has 2 aromatic rings. The Morgan fingerprint density at radius 1 is 1.32 bits per heavy atom. The zero-order valence-corrected chi connectivity index (χ0v) is 12.5. The van der Waals surface area contributed by atoms with E-state index >= 15 is 0 Å². The van der Waals surface area contributed by atoms with Crippen LogP contribution in [0.4, 0.5) is 11.4 Å². The van der Waals surface area contributed by atoms with Crippen molar-refractivity contribution in [3.8, 4) is 5.75 Å². The number of ether oxygens (including phenoxy) is 1. The average molecular weight is 321 g/mol. The molecular weight excluding hydrogens is 308 g/mol. The van der Waals surface area contributed by atoms with Gasteiger partial charge >= 0.3 is 0 Å². The highest BCUT2D eigenvalue weighted by molar-refractivity contribution is 6.32. The van der Waals surface area contributed by atoms with Gasteiger partial charge in [0.15, 0.2) is 6.61 Å². The zero-order valence-electron chi connectivity index (χ0n) is 11.7. The standard InChI is InChI=1S/C15H13ClN2O4/c1-10-6-7-11(16)14(8-10)22-9-15(19)17-12-4-2-3-5-13(12)18(20)21/h2-8H,9H2,1H3,(H,17,19). The van der Waals surface area contributed by atoms with Crippen molar-refractivity contribution in [2.24, 2.45) is 0 Å². The molecule has 0 atom stereocenters. The molecule has 6 nitrogen and oxygen atoms in total. The van der Waals surface area contributed by atoms with Crippen LogP contribution in [0.2, 0.25) is 5.02 Å². The van der Waals surface area contributed by atoms with Gasteiger partial charge in [0.25, 0.3) is 11.6 Å². The highest BCUT2D eigenvalue weighted by atomic mass is 35.5. The second kappa shape index (κ2) is 6.91. The Morgan fingerprint density at radius 2 is 2.05 bits per heavy atom. The SMILES string of the molecule is Cc1ccc(Cl)c(OCC(=O)Nc2ccccc2[N+](=O)[O-])c1.